The van der Waals surface area contributed by atoms with Gasteiger partial charge in [-0.25, -0.2) is 4.98 Å². The molecule has 3 aromatic heterocycles. The third-order valence-corrected chi connectivity index (χ3v) is 7.33. The first-order chi connectivity index (χ1) is 15.9. The number of nitrogens with one attached hydrogen (secondary N) is 3. The van der Waals surface area contributed by atoms with E-state index in [0.29, 0.717) is 16.6 Å². The number of rotatable bonds is 6. The van der Waals surface area contributed by atoms with Crippen LogP contribution < -0.4 is 16.0 Å². The second-order valence-corrected chi connectivity index (χ2v) is 10.2. The van der Waals surface area contributed by atoms with Crippen LogP contribution in [0.25, 0.3) is 10.2 Å². The van der Waals surface area contributed by atoms with Crippen molar-refractivity contribution in [1.29, 1.82) is 0 Å². The second-order valence-electron chi connectivity index (χ2n) is 8.47. The van der Waals surface area contributed by atoms with Crippen molar-refractivity contribution in [2.75, 3.05) is 16.0 Å². The summed E-state index contributed by atoms with van der Waals surface area (Å²) in [6.07, 6.45) is 3.31. The highest BCUT2D eigenvalue weighted by molar-refractivity contribution is 7.17. The molecule has 1 saturated carbocycles. The first kappa shape index (κ1) is 21.7. The Morgan fingerprint density at radius 2 is 1.94 bits per heavy atom. The van der Waals surface area contributed by atoms with Crippen LogP contribution in [-0.2, 0) is 0 Å². The zero-order valence-electron chi connectivity index (χ0n) is 18.0. The van der Waals surface area contributed by atoms with Crippen LogP contribution in [0.5, 0.6) is 0 Å². The van der Waals surface area contributed by atoms with Gasteiger partial charge in [0.15, 0.2) is 0 Å². The number of aliphatic hydroxyl groups is 1. The van der Waals surface area contributed by atoms with Gasteiger partial charge in [0, 0.05) is 17.8 Å². The molecule has 170 valence electrons. The van der Waals surface area contributed by atoms with Gasteiger partial charge in [-0.1, -0.05) is 18.2 Å². The van der Waals surface area contributed by atoms with Gasteiger partial charge in [0.2, 0.25) is 5.95 Å². The summed E-state index contributed by atoms with van der Waals surface area (Å²) < 4.78 is 5.27. The van der Waals surface area contributed by atoms with Crippen molar-refractivity contribution >= 4 is 61.4 Å². The van der Waals surface area contributed by atoms with E-state index in [1.54, 1.807) is 17.4 Å². The summed E-state index contributed by atoms with van der Waals surface area (Å²) in [7, 11) is 0. The number of hydrogen-bond acceptors (Lipinski definition) is 9. The van der Waals surface area contributed by atoms with E-state index in [0.717, 1.165) is 47.4 Å². The van der Waals surface area contributed by atoms with Gasteiger partial charge in [-0.15, -0.1) is 11.3 Å². The van der Waals surface area contributed by atoms with Gasteiger partial charge >= 0.3 is 0 Å². The van der Waals surface area contributed by atoms with Gasteiger partial charge < -0.3 is 21.1 Å². The second kappa shape index (κ2) is 9.05. The van der Waals surface area contributed by atoms with Crippen molar-refractivity contribution in [3.63, 3.8) is 0 Å². The van der Waals surface area contributed by atoms with Crippen molar-refractivity contribution in [2.45, 2.75) is 44.2 Å². The quantitative estimate of drug-likeness (QED) is 0.298. The Bertz CT molecular complexity index is 1260. The fraction of sp³-hybridized carbons (Fsp3) is 0.304. The van der Waals surface area contributed by atoms with Crippen LogP contribution in [0.4, 0.5) is 22.5 Å². The molecule has 5 rings (SSSR count). The molecule has 0 saturated heterocycles. The molecule has 4 N–H and O–H groups in total. The lowest BCUT2D eigenvalue weighted by Gasteiger charge is -2.33. The Hall–Kier alpha value is -3.08. The highest BCUT2D eigenvalue weighted by atomic mass is 32.1. The van der Waals surface area contributed by atoms with Crippen LogP contribution >= 0.6 is 22.9 Å². The molecule has 0 bridgehead atoms. The van der Waals surface area contributed by atoms with E-state index in [1.807, 2.05) is 48.7 Å². The predicted molar refractivity (Wildman–Crippen MR) is 134 cm³/mol. The average Bonchev–Trinajstić information content (AvgIpc) is 3.46. The zero-order valence-corrected chi connectivity index (χ0v) is 19.7. The number of carbonyl (C=O) groups is 1. The zero-order chi connectivity index (χ0) is 22.8. The van der Waals surface area contributed by atoms with Crippen LogP contribution in [0.2, 0.25) is 0 Å². The lowest BCUT2D eigenvalue weighted by Crippen LogP contribution is -2.35. The number of thiophene rings is 1. The molecule has 1 aliphatic rings. The summed E-state index contributed by atoms with van der Waals surface area (Å²) in [5.41, 5.74) is 1.33. The van der Waals surface area contributed by atoms with Gasteiger partial charge in [-0.05, 0) is 67.7 Å². The predicted octanol–water partition coefficient (Wildman–Crippen LogP) is 5.25. The summed E-state index contributed by atoms with van der Waals surface area (Å²) >= 11 is 2.78. The van der Waals surface area contributed by atoms with Crippen molar-refractivity contribution in [2.24, 2.45) is 0 Å². The van der Waals surface area contributed by atoms with Crippen LogP contribution in [-0.4, -0.2) is 37.0 Å². The number of para-hydroxylation sites is 1. The number of carbonyl (C=O) groups excluding carboxylic acids is 1. The molecule has 0 radical (unpaired) electrons. The van der Waals surface area contributed by atoms with Crippen molar-refractivity contribution in [1.82, 2.24) is 14.3 Å². The maximum atomic E-state index is 12.5. The number of hydrogen-bond donors (Lipinski definition) is 4. The van der Waals surface area contributed by atoms with Crippen molar-refractivity contribution in [3.8, 4) is 0 Å². The van der Waals surface area contributed by atoms with Crippen LogP contribution in [0, 0.1) is 0 Å². The smallest absolute Gasteiger partial charge is 0.275 e. The number of benzene rings is 1. The minimum absolute atomic E-state index is 0.259. The maximum Gasteiger partial charge on any atom is 0.275 e. The molecule has 10 heteroatoms. The standard InChI is InChI=1S/C23H24N6O2S2/c1-23(31)10-7-15(8-11-23)24-20-19-16(9-12-32-19)26-22(28-20)27-18-13-17(29-33-18)21(30)25-14-5-3-2-4-6-14/h2-6,9,12-13,15,31H,7-8,10-11H2,1H3,(H,25,30)(H2,24,26,27,28)/t15-,23-. The highest BCUT2D eigenvalue weighted by Crippen LogP contribution is 2.33. The summed E-state index contributed by atoms with van der Waals surface area (Å²) in [6.45, 7) is 1.90. The van der Waals surface area contributed by atoms with Crippen LogP contribution in [0.3, 0.4) is 0 Å². The van der Waals surface area contributed by atoms with Crippen LogP contribution in [0.1, 0.15) is 43.1 Å². The molecule has 0 aliphatic heterocycles. The molecule has 1 aliphatic carbocycles. The van der Waals surface area contributed by atoms with E-state index in [1.165, 1.54) is 11.5 Å². The number of nitrogens with zero attached hydrogens (tertiary/aromatic N) is 3. The Kier molecular flexibility index (Phi) is 5.96. The third-order valence-electron chi connectivity index (χ3n) is 5.72. The van der Waals surface area contributed by atoms with Crippen LogP contribution in [0.15, 0.2) is 47.8 Å². The summed E-state index contributed by atoms with van der Waals surface area (Å²) in [4.78, 5) is 21.8. The fourth-order valence-corrected chi connectivity index (χ4v) is 5.28. The fourth-order valence-electron chi connectivity index (χ4n) is 3.86. The molecular weight excluding hydrogens is 456 g/mol. The van der Waals surface area contributed by atoms with Gasteiger partial charge in [-0.3, -0.25) is 4.79 Å². The number of anilines is 4. The Morgan fingerprint density at radius 1 is 1.15 bits per heavy atom. The van der Waals surface area contributed by atoms with E-state index in [9.17, 15) is 9.90 Å². The molecule has 4 aromatic rings. The van der Waals surface area contributed by atoms with Gasteiger partial charge in [0.25, 0.3) is 5.91 Å². The van der Waals surface area contributed by atoms with E-state index in [-0.39, 0.29) is 11.9 Å². The first-order valence-corrected chi connectivity index (χ1v) is 12.4. The normalized spacial score (nSPS) is 20.5. The number of aromatic nitrogens is 3. The Morgan fingerprint density at radius 3 is 2.73 bits per heavy atom. The van der Waals surface area contributed by atoms with E-state index >= 15 is 0 Å². The maximum absolute atomic E-state index is 12.5. The molecule has 1 aromatic carbocycles. The van der Waals surface area contributed by atoms with E-state index < -0.39 is 5.60 Å². The van der Waals surface area contributed by atoms with Gasteiger partial charge in [-0.2, -0.15) is 9.36 Å². The van der Waals surface area contributed by atoms with E-state index in [4.69, 9.17) is 4.98 Å². The summed E-state index contributed by atoms with van der Waals surface area (Å²) in [5.74, 6) is 0.968. The molecule has 1 fully saturated rings. The Balaban J connectivity index is 1.31. The lowest BCUT2D eigenvalue weighted by molar-refractivity contribution is 0.0196. The first-order valence-electron chi connectivity index (χ1n) is 10.8. The largest absolute Gasteiger partial charge is 0.390 e. The third kappa shape index (κ3) is 5.13. The van der Waals surface area contributed by atoms with E-state index in [2.05, 4.69) is 25.3 Å². The minimum Gasteiger partial charge on any atom is -0.390 e. The van der Waals surface area contributed by atoms with Gasteiger partial charge in [0.1, 0.15) is 16.5 Å². The minimum atomic E-state index is -0.578. The molecule has 0 spiro atoms. The van der Waals surface area contributed by atoms with Gasteiger partial charge in [0.05, 0.1) is 15.8 Å². The molecule has 0 unspecified atom stereocenters. The summed E-state index contributed by atoms with van der Waals surface area (Å²) in [5, 5.41) is 22.5. The molecule has 8 nitrogen and oxygen atoms in total. The number of fused-ring (bicyclic) bond motifs is 1. The molecule has 0 atom stereocenters. The topological polar surface area (TPSA) is 112 Å². The van der Waals surface area contributed by atoms with Crippen molar-refractivity contribution in [3.05, 3.63) is 53.5 Å². The number of amides is 1. The molecular formula is C23H24N6O2S2. The Labute approximate surface area is 199 Å². The lowest BCUT2D eigenvalue weighted by atomic mass is 9.84. The molecule has 3 heterocycles. The summed E-state index contributed by atoms with van der Waals surface area (Å²) in [6, 6.07) is 13.2. The average molecular weight is 481 g/mol. The highest BCUT2D eigenvalue weighted by Gasteiger charge is 2.29. The molecule has 33 heavy (non-hydrogen) atoms. The SMILES string of the molecule is C[C@]1(O)CC[C@H](Nc2nc(Nc3cc(C(=O)Nc4ccccc4)ns3)nc3ccsc23)CC1. The van der Waals surface area contributed by atoms with Crippen molar-refractivity contribution < 1.29 is 9.90 Å². The monoisotopic (exact) mass is 480 g/mol. The molecule has 1 amide bonds.